The van der Waals surface area contributed by atoms with Crippen molar-refractivity contribution in [2.75, 3.05) is 32.4 Å². The fourth-order valence-corrected chi connectivity index (χ4v) is 1.98. The Labute approximate surface area is 80.1 Å². The first kappa shape index (κ1) is 10.4. The highest BCUT2D eigenvalue weighted by molar-refractivity contribution is 7.99. The summed E-state index contributed by atoms with van der Waals surface area (Å²) in [5.41, 5.74) is 0. The van der Waals surface area contributed by atoms with E-state index in [4.69, 9.17) is 0 Å². The van der Waals surface area contributed by atoms with Gasteiger partial charge in [0.15, 0.2) is 0 Å². The van der Waals surface area contributed by atoms with Gasteiger partial charge in [-0.3, -0.25) is 4.90 Å². The van der Waals surface area contributed by atoms with E-state index in [1.54, 1.807) is 0 Å². The van der Waals surface area contributed by atoms with Gasteiger partial charge in [-0.25, -0.2) is 0 Å². The highest BCUT2D eigenvalue weighted by Gasteiger charge is 2.16. The zero-order valence-electron chi connectivity index (χ0n) is 8.34. The van der Waals surface area contributed by atoms with Crippen molar-refractivity contribution >= 4 is 11.8 Å². The predicted molar refractivity (Wildman–Crippen MR) is 56.9 cm³/mol. The van der Waals surface area contributed by atoms with Crippen LogP contribution in [0.25, 0.3) is 0 Å². The zero-order valence-corrected chi connectivity index (χ0v) is 9.16. The molecule has 2 unspecified atom stereocenters. The van der Waals surface area contributed by atoms with Gasteiger partial charge in [0, 0.05) is 37.5 Å². The minimum absolute atomic E-state index is 0.674. The SMILES string of the molecule is CSC(C)CN1CCNC(C)C1. The molecule has 1 aliphatic heterocycles. The van der Waals surface area contributed by atoms with Gasteiger partial charge in [0.05, 0.1) is 0 Å². The molecule has 12 heavy (non-hydrogen) atoms. The minimum Gasteiger partial charge on any atom is -0.312 e. The second-order valence-corrected chi connectivity index (χ2v) is 4.94. The Morgan fingerprint density at radius 2 is 2.42 bits per heavy atom. The smallest absolute Gasteiger partial charge is 0.0167 e. The lowest BCUT2D eigenvalue weighted by Crippen LogP contribution is -2.50. The molecule has 0 aromatic carbocycles. The van der Waals surface area contributed by atoms with E-state index in [2.05, 4.69) is 30.3 Å². The second-order valence-electron chi connectivity index (χ2n) is 3.66. The van der Waals surface area contributed by atoms with Gasteiger partial charge in [-0.1, -0.05) is 6.92 Å². The molecule has 1 fully saturated rings. The highest BCUT2D eigenvalue weighted by atomic mass is 32.2. The molecule has 1 rings (SSSR count). The summed E-state index contributed by atoms with van der Waals surface area (Å²) < 4.78 is 0. The van der Waals surface area contributed by atoms with Crippen LogP contribution in [0, 0.1) is 0 Å². The second kappa shape index (κ2) is 5.10. The van der Waals surface area contributed by atoms with Gasteiger partial charge in [-0.2, -0.15) is 11.8 Å². The number of thioether (sulfide) groups is 1. The summed E-state index contributed by atoms with van der Waals surface area (Å²) in [4.78, 5) is 2.56. The van der Waals surface area contributed by atoms with Crippen LogP contribution in [-0.4, -0.2) is 48.6 Å². The van der Waals surface area contributed by atoms with Crippen LogP contribution < -0.4 is 5.32 Å². The topological polar surface area (TPSA) is 15.3 Å². The first-order chi connectivity index (χ1) is 5.72. The molecule has 1 heterocycles. The number of hydrogen-bond donors (Lipinski definition) is 1. The third-order valence-corrected chi connectivity index (χ3v) is 3.32. The molecule has 0 spiro atoms. The van der Waals surface area contributed by atoms with E-state index in [9.17, 15) is 0 Å². The Hall–Kier alpha value is 0.270. The van der Waals surface area contributed by atoms with E-state index >= 15 is 0 Å². The number of rotatable bonds is 3. The van der Waals surface area contributed by atoms with Crippen molar-refractivity contribution in [1.29, 1.82) is 0 Å². The van der Waals surface area contributed by atoms with Crippen molar-refractivity contribution in [3.8, 4) is 0 Å². The standard InChI is InChI=1S/C9H20N2S/c1-8-6-11(5-4-10-8)7-9(2)12-3/h8-10H,4-7H2,1-3H3. The molecule has 1 aliphatic rings. The van der Waals surface area contributed by atoms with Crippen LogP contribution in [0.5, 0.6) is 0 Å². The first-order valence-corrected chi connectivity index (χ1v) is 5.99. The summed E-state index contributed by atoms with van der Waals surface area (Å²) in [5, 5.41) is 4.23. The molecule has 0 saturated carbocycles. The maximum atomic E-state index is 3.45. The van der Waals surface area contributed by atoms with Crippen molar-refractivity contribution in [1.82, 2.24) is 10.2 Å². The summed E-state index contributed by atoms with van der Waals surface area (Å²) in [7, 11) is 0. The molecule has 0 aliphatic carbocycles. The van der Waals surface area contributed by atoms with E-state index in [1.165, 1.54) is 19.6 Å². The van der Waals surface area contributed by atoms with Gasteiger partial charge in [0.1, 0.15) is 0 Å². The molecule has 0 bridgehead atoms. The molecule has 2 atom stereocenters. The average Bonchev–Trinajstić information content (AvgIpc) is 2.04. The highest BCUT2D eigenvalue weighted by Crippen LogP contribution is 2.08. The first-order valence-electron chi connectivity index (χ1n) is 4.71. The van der Waals surface area contributed by atoms with E-state index in [0.717, 1.165) is 11.8 Å². The van der Waals surface area contributed by atoms with E-state index in [-0.39, 0.29) is 0 Å². The zero-order chi connectivity index (χ0) is 8.97. The molecule has 0 radical (unpaired) electrons. The van der Waals surface area contributed by atoms with Gasteiger partial charge in [0.2, 0.25) is 0 Å². The van der Waals surface area contributed by atoms with Gasteiger partial charge in [-0.05, 0) is 13.2 Å². The summed E-state index contributed by atoms with van der Waals surface area (Å²) in [5.74, 6) is 0. The third kappa shape index (κ3) is 3.33. The van der Waals surface area contributed by atoms with Crippen molar-refractivity contribution < 1.29 is 0 Å². The van der Waals surface area contributed by atoms with Crippen LogP contribution in [0.3, 0.4) is 0 Å². The lowest BCUT2D eigenvalue weighted by molar-refractivity contribution is 0.210. The number of hydrogen-bond acceptors (Lipinski definition) is 3. The normalized spacial score (nSPS) is 28.8. The quantitative estimate of drug-likeness (QED) is 0.712. The predicted octanol–water partition coefficient (Wildman–Crippen LogP) is 1.03. The van der Waals surface area contributed by atoms with E-state index in [0.29, 0.717) is 6.04 Å². The molecule has 2 nitrogen and oxygen atoms in total. The maximum Gasteiger partial charge on any atom is 0.0167 e. The van der Waals surface area contributed by atoms with Crippen molar-refractivity contribution in [3.05, 3.63) is 0 Å². The number of nitrogens with one attached hydrogen (secondary N) is 1. The Kier molecular flexibility index (Phi) is 4.40. The van der Waals surface area contributed by atoms with Gasteiger partial charge >= 0.3 is 0 Å². The molecule has 1 N–H and O–H groups in total. The summed E-state index contributed by atoms with van der Waals surface area (Å²) in [6, 6.07) is 0.674. The van der Waals surface area contributed by atoms with Crippen molar-refractivity contribution in [3.63, 3.8) is 0 Å². The number of nitrogens with zero attached hydrogens (tertiary/aromatic N) is 1. The van der Waals surface area contributed by atoms with Crippen LogP contribution >= 0.6 is 11.8 Å². The monoisotopic (exact) mass is 188 g/mol. The van der Waals surface area contributed by atoms with Gasteiger partial charge in [-0.15, -0.1) is 0 Å². The lowest BCUT2D eigenvalue weighted by Gasteiger charge is -2.33. The Bertz CT molecular complexity index is 130. The van der Waals surface area contributed by atoms with Gasteiger partial charge < -0.3 is 5.32 Å². The van der Waals surface area contributed by atoms with Crippen LogP contribution in [0.1, 0.15) is 13.8 Å². The fraction of sp³-hybridized carbons (Fsp3) is 1.00. The third-order valence-electron chi connectivity index (χ3n) is 2.37. The summed E-state index contributed by atoms with van der Waals surface area (Å²) in [6.45, 7) is 9.39. The summed E-state index contributed by atoms with van der Waals surface area (Å²) in [6.07, 6.45) is 2.19. The largest absolute Gasteiger partial charge is 0.312 e. The molecule has 72 valence electrons. The van der Waals surface area contributed by atoms with Crippen molar-refractivity contribution in [2.24, 2.45) is 0 Å². The summed E-state index contributed by atoms with van der Waals surface area (Å²) >= 11 is 1.96. The Balaban J connectivity index is 2.22. The average molecular weight is 188 g/mol. The minimum atomic E-state index is 0.674. The van der Waals surface area contributed by atoms with E-state index in [1.807, 2.05) is 11.8 Å². The molecule has 1 saturated heterocycles. The maximum absolute atomic E-state index is 3.45. The molecular formula is C9H20N2S. The van der Waals surface area contributed by atoms with Crippen LogP contribution in [0.15, 0.2) is 0 Å². The Morgan fingerprint density at radius 3 is 3.00 bits per heavy atom. The van der Waals surface area contributed by atoms with Crippen LogP contribution in [-0.2, 0) is 0 Å². The molecule has 0 aromatic heterocycles. The molecule has 0 aromatic rings. The molecule has 0 amide bonds. The lowest BCUT2D eigenvalue weighted by atomic mass is 10.2. The van der Waals surface area contributed by atoms with Crippen LogP contribution in [0.4, 0.5) is 0 Å². The van der Waals surface area contributed by atoms with E-state index < -0.39 is 0 Å². The molecular weight excluding hydrogens is 168 g/mol. The fourth-order valence-electron chi connectivity index (χ4n) is 1.62. The number of piperazine rings is 1. The van der Waals surface area contributed by atoms with Crippen molar-refractivity contribution in [2.45, 2.75) is 25.1 Å². The van der Waals surface area contributed by atoms with Gasteiger partial charge in [0.25, 0.3) is 0 Å². The van der Waals surface area contributed by atoms with Crippen LogP contribution in [0.2, 0.25) is 0 Å². The molecule has 3 heteroatoms. The Morgan fingerprint density at radius 1 is 1.67 bits per heavy atom.